The Bertz CT molecular complexity index is 611. The van der Waals surface area contributed by atoms with Gasteiger partial charge < -0.3 is 19.7 Å². The van der Waals surface area contributed by atoms with E-state index in [9.17, 15) is 24.0 Å². The fourth-order valence-corrected chi connectivity index (χ4v) is 2.73. The average molecular weight is 417 g/mol. The molecule has 1 fully saturated rings. The van der Waals surface area contributed by atoms with Gasteiger partial charge in [0.1, 0.15) is 0 Å². The van der Waals surface area contributed by atoms with Crippen LogP contribution in [0.4, 0.5) is 0 Å². The molecular weight excluding hydrogens is 390 g/mol. The molecule has 0 unspecified atom stereocenters. The number of carboxylic acids is 2. The smallest absolute Gasteiger partial charge is 0.327 e. The van der Waals surface area contributed by atoms with Crippen molar-refractivity contribution in [3.05, 3.63) is 0 Å². The minimum Gasteiger partial charge on any atom is -0.480 e. The number of cyclic esters (lactones) is 2. The molecule has 1 aliphatic heterocycles. The normalized spacial score (nSPS) is 15.3. The lowest BCUT2D eigenvalue weighted by molar-refractivity contribution is -0.158. The van der Waals surface area contributed by atoms with Crippen molar-refractivity contribution < 1.29 is 43.7 Å². The van der Waals surface area contributed by atoms with Crippen LogP contribution in [0.1, 0.15) is 13.3 Å². The lowest BCUT2D eigenvalue weighted by Gasteiger charge is -2.27. The van der Waals surface area contributed by atoms with Crippen molar-refractivity contribution in [2.45, 2.75) is 13.3 Å². The van der Waals surface area contributed by atoms with Crippen molar-refractivity contribution in [1.29, 1.82) is 0 Å². The van der Waals surface area contributed by atoms with Gasteiger partial charge in [-0.15, -0.1) is 0 Å². The molecule has 1 rings (SSSR count). The highest BCUT2D eigenvalue weighted by Gasteiger charge is 2.23. The van der Waals surface area contributed by atoms with E-state index in [-0.39, 0.29) is 58.8 Å². The first kappa shape index (κ1) is 24.5. The first-order valence-electron chi connectivity index (χ1n) is 9.19. The van der Waals surface area contributed by atoms with Gasteiger partial charge in [-0.1, -0.05) is 0 Å². The molecule has 0 saturated carbocycles. The van der Waals surface area contributed by atoms with Gasteiger partial charge in [-0.2, -0.15) is 0 Å². The summed E-state index contributed by atoms with van der Waals surface area (Å²) >= 11 is 0. The standard InChI is InChI=1S/C17H27N3O9/c1-2-28-16(26)11-20(10-14(23)24)8-7-19(9-13(21)22)6-5-18-4-3-15(25)29-17(27)12-18/h2-12H2,1H3,(H,21,22)(H,23,24). The lowest BCUT2D eigenvalue weighted by atomic mass is 10.3. The summed E-state index contributed by atoms with van der Waals surface area (Å²) in [7, 11) is 0. The number of nitrogens with zero attached hydrogens (tertiary/aromatic N) is 3. The molecule has 2 N–H and O–H groups in total. The van der Waals surface area contributed by atoms with Crippen molar-refractivity contribution in [2.75, 3.05) is 65.5 Å². The molecule has 0 aromatic rings. The van der Waals surface area contributed by atoms with Gasteiger partial charge in [-0.3, -0.25) is 38.7 Å². The van der Waals surface area contributed by atoms with Gasteiger partial charge in [0.25, 0.3) is 0 Å². The summed E-state index contributed by atoms with van der Waals surface area (Å²) in [5.74, 6) is -3.99. The maximum atomic E-state index is 11.6. The topological polar surface area (TPSA) is 154 Å². The third-order valence-electron chi connectivity index (χ3n) is 4.05. The maximum absolute atomic E-state index is 11.6. The Hall–Kier alpha value is -2.57. The fourth-order valence-electron chi connectivity index (χ4n) is 2.73. The number of ether oxygens (including phenoxy) is 2. The van der Waals surface area contributed by atoms with E-state index in [4.69, 9.17) is 14.9 Å². The fraction of sp³-hybridized carbons (Fsp3) is 0.706. The molecule has 0 aliphatic carbocycles. The van der Waals surface area contributed by atoms with Crippen LogP contribution in [-0.4, -0.2) is 120 Å². The quantitative estimate of drug-likeness (QED) is 0.254. The van der Waals surface area contributed by atoms with Crippen LogP contribution in [0.3, 0.4) is 0 Å². The zero-order valence-electron chi connectivity index (χ0n) is 16.4. The zero-order valence-corrected chi connectivity index (χ0v) is 16.4. The Labute approximate surface area is 167 Å². The Kier molecular flexibility index (Phi) is 10.8. The van der Waals surface area contributed by atoms with E-state index >= 15 is 0 Å². The summed E-state index contributed by atoms with van der Waals surface area (Å²) in [6.07, 6.45) is 0.0661. The van der Waals surface area contributed by atoms with E-state index in [0.717, 1.165) is 0 Å². The summed E-state index contributed by atoms with van der Waals surface area (Å²) in [4.78, 5) is 61.2. The molecule has 1 saturated heterocycles. The van der Waals surface area contributed by atoms with Gasteiger partial charge in [-0.05, 0) is 6.92 Å². The number of esters is 3. The van der Waals surface area contributed by atoms with E-state index in [2.05, 4.69) is 4.74 Å². The van der Waals surface area contributed by atoms with Crippen molar-refractivity contribution in [3.8, 4) is 0 Å². The van der Waals surface area contributed by atoms with Gasteiger partial charge in [0, 0.05) is 32.7 Å². The zero-order chi connectivity index (χ0) is 21.8. The highest BCUT2D eigenvalue weighted by atomic mass is 16.6. The SMILES string of the molecule is CCOC(=O)CN(CCN(CCN1CCC(=O)OC(=O)C1)CC(=O)O)CC(=O)O. The monoisotopic (exact) mass is 417 g/mol. The molecule has 12 heteroatoms. The van der Waals surface area contributed by atoms with Crippen LogP contribution in [0.25, 0.3) is 0 Å². The van der Waals surface area contributed by atoms with Crippen LogP contribution in [0.2, 0.25) is 0 Å². The molecule has 0 spiro atoms. The van der Waals surface area contributed by atoms with Gasteiger partial charge in [-0.25, -0.2) is 0 Å². The molecule has 12 nitrogen and oxygen atoms in total. The summed E-state index contributed by atoms with van der Waals surface area (Å²) < 4.78 is 9.38. The van der Waals surface area contributed by atoms with E-state index in [1.165, 1.54) is 4.90 Å². The summed E-state index contributed by atoms with van der Waals surface area (Å²) in [5, 5.41) is 18.1. The molecule has 0 bridgehead atoms. The summed E-state index contributed by atoms with van der Waals surface area (Å²) in [6, 6.07) is 0. The van der Waals surface area contributed by atoms with Gasteiger partial charge in [0.2, 0.25) is 0 Å². The van der Waals surface area contributed by atoms with Crippen LogP contribution in [0, 0.1) is 0 Å². The van der Waals surface area contributed by atoms with Gasteiger partial charge in [0.15, 0.2) is 0 Å². The van der Waals surface area contributed by atoms with Crippen LogP contribution >= 0.6 is 0 Å². The number of hydrogen-bond acceptors (Lipinski definition) is 10. The number of carboxylic acid groups (broad SMARTS) is 2. The van der Waals surface area contributed by atoms with Gasteiger partial charge in [0.05, 0.1) is 39.2 Å². The number of carbonyl (C=O) groups is 5. The summed E-state index contributed by atoms with van der Waals surface area (Å²) in [5.41, 5.74) is 0. The minimum absolute atomic E-state index is 0.0661. The molecule has 164 valence electrons. The van der Waals surface area contributed by atoms with E-state index in [0.29, 0.717) is 13.1 Å². The predicted octanol–water partition coefficient (Wildman–Crippen LogP) is -1.90. The summed E-state index contributed by atoms with van der Waals surface area (Å²) in [6.45, 7) is 2.08. The van der Waals surface area contributed by atoms with Crippen LogP contribution in [0.5, 0.6) is 0 Å². The number of rotatable bonds is 13. The second-order valence-corrected chi connectivity index (χ2v) is 6.45. The van der Waals surface area contributed by atoms with E-state index in [1.54, 1.807) is 16.7 Å². The largest absolute Gasteiger partial charge is 0.480 e. The Morgan fingerprint density at radius 1 is 1.00 bits per heavy atom. The molecule has 0 amide bonds. The second-order valence-electron chi connectivity index (χ2n) is 6.45. The highest BCUT2D eigenvalue weighted by Crippen LogP contribution is 2.03. The lowest BCUT2D eigenvalue weighted by Crippen LogP contribution is -2.44. The average Bonchev–Trinajstić information content (AvgIpc) is 2.76. The molecule has 0 aromatic heterocycles. The third-order valence-corrected chi connectivity index (χ3v) is 4.05. The molecule has 0 aromatic carbocycles. The van der Waals surface area contributed by atoms with Gasteiger partial charge >= 0.3 is 29.8 Å². The highest BCUT2D eigenvalue weighted by molar-refractivity contribution is 5.87. The van der Waals surface area contributed by atoms with Crippen molar-refractivity contribution in [2.24, 2.45) is 0 Å². The molecule has 0 atom stereocenters. The molecule has 1 heterocycles. The molecule has 1 aliphatic rings. The van der Waals surface area contributed by atoms with Crippen LogP contribution < -0.4 is 0 Å². The van der Waals surface area contributed by atoms with Crippen LogP contribution in [-0.2, 0) is 33.4 Å². The first-order chi connectivity index (χ1) is 13.7. The second kappa shape index (κ2) is 12.8. The number of carbonyl (C=O) groups excluding carboxylic acids is 3. The van der Waals surface area contributed by atoms with E-state index < -0.39 is 29.8 Å². The minimum atomic E-state index is -1.12. The predicted molar refractivity (Wildman–Crippen MR) is 96.9 cm³/mol. The Balaban J connectivity index is 2.62. The molecule has 0 radical (unpaired) electrons. The molecular formula is C17H27N3O9. The Morgan fingerprint density at radius 3 is 2.24 bits per heavy atom. The number of hydrogen-bond donors (Lipinski definition) is 2. The third kappa shape index (κ3) is 11.1. The van der Waals surface area contributed by atoms with Crippen molar-refractivity contribution in [3.63, 3.8) is 0 Å². The van der Waals surface area contributed by atoms with E-state index in [1.807, 2.05) is 0 Å². The van der Waals surface area contributed by atoms with Crippen molar-refractivity contribution >= 4 is 29.8 Å². The van der Waals surface area contributed by atoms with Crippen molar-refractivity contribution in [1.82, 2.24) is 14.7 Å². The van der Waals surface area contributed by atoms with Crippen LogP contribution in [0.15, 0.2) is 0 Å². The Morgan fingerprint density at radius 2 is 1.62 bits per heavy atom. The number of aliphatic carboxylic acids is 2. The first-order valence-corrected chi connectivity index (χ1v) is 9.19. The maximum Gasteiger partial charge on any atom is 0.327 e. The molecule has 29 heavy (non-hydrogen) atoms.